The average molecular weight is 235 g/mol. The van der Waals surface area contributed by atoms with Gasteiger partial charge in [-0.2, -0.15) is 0 Å². The second-order valence-electron chi connectivity index (χ2n) is 5.09. The summed E-state index contributed by atoms with van der Waals surface area (Å²) in [6.07, 6.45) is 5.16. The molecule has 4 nitrogen and oxygen atoms in total. The first-order valence-corrected chi connectivity index (χ1v) is 6.48. The molecule has 1 aromatic heterocycles. The van der Waals surface area contributed by atoms with E-state index in [1.165, 1.54) is 12.0 Å². The SMILES string of the molecule is CC(C)c1cnc(=O)[nH]c1C1CCCNCC1. The molecule has 0 saturated carbocycles. The number of nitrogens with zero attached hydrogens (tertiary/aromatic N) is 1. The lowest BCUT2D eigenvalue weighted by atomic mass is 9.90. The monoisotopic (exact) mass is 235 g/mol. The second-order valence-corrected chi connectivity index (χ2v) is 5.09. The summed E-state index contributed by atoms with van der Waals surface area (Å²) in [7, 11) is 0. The number of H-pyrrole nitrogens is 1. The van der Waals surface area contributed by atoms with Crippen molar-refractivity contribution in [1.82, 2.24) is 15.3 Å². The number of aromatic nitrogens is 2. The highest BCUT2D eigenvalue weighted by Gasteiger charge is 2.19. The lowest BCUT2D eigenvalue weighted by Crippen LogP contribution is -2.19. The Balaban J connectivity index is 2.34. The van der Waals surface area contributed by atoms with Crippen molar-refractivity contribution in [2.75, 3.05) is 13.1 Å². The molecular weight excluding hydrogens is 214 g/mol. The van der Waals surface area contributed by atoms with Crippen LogP contribution in [0.15, 0.2) is 11.0 Å². The van der Waals surface area contributed by atoms with Gasteiger partial charge in [-0.3, -0.25) is 0 Å². The van der Waals surface area contributed by atoms with Gasteiger partial charge in [0.2, 0.25) is 0 Å². The predicted octanol–water partition coefficient (Wildman–Crippen LogP) is 1.75. The van der Waals surface area contributed by atoms with Crippen LogP contribution in [0.1, 0.15) is 56.2 Å². The van der Waals surface area contributed by atoms with Gasteiger partial charge in [0, 0.05) is 17.8 Å². The normalized spacial score (nSPS) is 21.5. The van der Waals surface area contributed by atoms with Crippen molar-refractivity contribution in [1.29, 1.82) is 0 Å². The van der Waals surface area contributed by atoms with Gasteiger partial charge in [0.1, 0.15) is 0 Å². The first-order chi connectivity index (χ1) is 8.18. The molecule has 1 aromatic rings. The summed E-state index contributed by atoms with van der Waals surface area (Å²) in [5.41, 5.74) is 2.09. The summed E-state index contributed by atoms with van der Waals surface area (Å²) >= 11 is 0. The molecule has 1 atom stereocenters. The molecule has 1 unspecified atom stereocenters. The van der Waals surface area contributed by atoms with Gasteiger partial charge in [0.05, 0.1) is 0 Å². The molecule has 17 heavy (non-hydrogen) atoms. The molecule has 2 N–H and O–H groups in total. The lowest BCUT2D eigenvalue weighted by Gasteiger charge is -2.19. The van der Waals surface area contributed by atoms with Crippen LogP contribution in [0, 0.1) is 0 Å². The van der Waals surface area contributed by atoms with Crippen molar-refractivity contribution in [2.24, 2.45) is 0 Å². The van der Waals surface area contributed by atoms with Gasteiger partial charge in [-0.25, -0.2) is 9.78 Å². The largest absolute Gasteiger partial charge is 0.345 e. The summed E-state index contributed by atoms with van der Waals surface area (Å²) < 4.78 is 0. The fourth-order valence-corrected chi connectivity index (χ4v) is 2.52. The Morgan fingerprint density at radius 3 is 2.94 bits per heavy atom. The maximum atomic E-state index is 11.4. The number of aromatic amines is 1. The molecule has 0 spiro atoms. The van der Waals surface area contributed by atoms with Gasteiger partial charge < -0.3 is 10.3 Å². The third kappa shape index (κ3) is 2.94. The van der Waals surface area contributed by atoms with Crippen LogP contribution in [-0.4, -0.2) is 23.1 Å². The second kappa shape index (κ2) is 5.45. The highest BCUT2D eigenvalue weighted by Crippen LogP contribution is 2.29. The summed E-state index contributed by atoms with van der Waals surface area (Å²) in [5, 5.41) is 3.40. The van der Waals surface area contributed by atoms with Gasteiger partial charge in [-0.15, -0.1) is 0 Å². The van der Waals surface area contributed by atoms with Crippen LogP contribution in [0.5, 0.6) is 0 Å². The number of hydrogen-bond acceptors (Lipinski definition) is 3. The number of rotatable bonds is 2. The Morgan fingerprint density at radius 1 is 1.35 bits per heavy atom. The molecule has 94 valence electrons. The first-order valence-electron chi connectivity index (χ1n) is 6.48. The molecule has 0 aliphatic carbocycles. The van der Waals surface area contributed by atoms with Crippen LogP contribution in [0.25, 0.3) is 0 Å². The molecule has 1 aliphatic heterocycles. The van der Waals surface area contributed by atoms with E-state index in [0.717, 1.165) is 31.6 Å². The van der Waals surface area contributed by atoms with Crippen molar-refractivity contribution < 1.29 is 0 Å². The van der Waals surface area contributed by atoms with Crippen LogP contribution in [0.2, 0.25) is 0 Å². The Kier molecular flexibility index (Phi) is 3.94. The zero-order valence-electron chi connectivity index (χ0n) is 10.6. The Bertz CT molecular complexity index is 417. The van der Waals surface area contributed by atoms with Crippen molar-refractivity contribution in [3.63, 3.8) is 0 Å². The molecule has 0 radical (unpaired) electrons. The van der Waals surface area contributed by atoms with E-state index in [0.29, 0.717) is 11.8 Å². The first kappa shape index (κ1) is 12.3. The molecular formula is C13H21N3O. The van der Waals surface area contributed by atoms with Gasteiger partial charge in [0.25, 0.3) is 0 Å². The fourth-order valence-electron chi connectivity index (χ4n) is 2.52. The molecule has 4 heteroatoms. The minimum absolute atomic E-state index is 0.221. The highest BCUT2D eigenvalue weighted by molar-refractivity contribution is 5.23. The summed E-state index contributed by atoms with van der Waals surface area (Å²) in [6, 6.07) is 0. The Morgan fingerprint density at radius 2 is 2.18 bits per heavy atom. The summed E-state index contributed by atoms with van der Waals surface area (Å²) in [4.78, 5) is 18.2. The van der Waals surface area contributed by atoms with Crippen LogP contribution in [-0.2, 0) is 0 Å². The van der Waals surface area contributed by atoms with E-state index < -0.39 is 0 Å². The van der Waals surface area contributed by atoms with Gasteiger partial charge in [-0.1, -0.05) is 13.8 Å². The Hall–Kier alpha value is -1.16. The maximum Gasteiger partial charge on any atom is 0.345 e. The van der Waals surface area contributed by atoms with Crippen molar-refractivity contribution in [2.45, 2.75) is 44.9 Å². The quantitative estimate of drug-likeness (QED) is 0.821. The lowest BCUT2D eigenvalue weighted by molar-refractivity contribution is 0.576. The van der Waals surface area contributed by atoms with E-state index in [2.05, 4.69) is 29.1 Å². The molecule has 1 fully saturated rings. The molecule has 2 rings (SSSR count). The fraction of sp³-hybridized carbons (Fsp3) is 0.692. The highest BCUT2D eigenvalue weighted by atomic mass is 16.1. The number of hydrogen-bond donors (Lipinski definition) is 2. The van der Waals surface area contributed by atoms with Gasteiger partial charge in [-0.05, 0) is 43.8 Å². The van der Waals surface area contributed by atoms with E-state index in [-0.39, 0.29) is 5.69 Å². The van der Waals surface area contributed by atoms with E-state index in [4.69, 9.17) is 0 Å². The van der Waals surface area contributed by atoms with Crippen LogP contribution >= 0.6 is 0 Å². The van der Waals surface area contributed by atoms with E-state index in [9.17, 15) is 4.79 Å². The van der Waals surface area contributed by atoms with Gasteiger partial charge in [0.15, 0.2) is 0 Å². The molecule has 0 amide bonds. The van der Waals surface area contributed by atoms with Crippen molar-refractivity contribution in [3.05, 3.63) is 27.9 Å². The van der Waals surface area contributed by atoms with E-state index in [1.54, 1.807) is 6.20 Å². The zero-order chi connectivity index (χ0) is 12.3. The van der Waals surface area contributed by atoms with E-state index >= 15 is 0 Å². The topological polar surface area (TPSA) is 57.8 Å². The summed E-state index contributed by atoms with van der Waals surface area (Å²) in [5.74, 6) is 0.878. The van der Waals surface area contributed by atoms with Gasteiger partial charge >= 0.3 is 5.69 Å². The molecule has 2 heterocycles. The Labute approximate surface area is 102 Å². The third-order valence-corrected chi connectivity index (χ3v) is 3.48. The number of nitrogens with one attached hydrogen (secondary N) is 2. The molecule has 1 aliphatic rings. The molecule has 0 aromatic carbocycles. The summed E-state index contributed by atoms with van der Waals surface area (Å²) in [6.45, 7) is 6.41. The zero-order valence-corrected chi connectivity index (χ0v) is 10.6. The maximum absolute atomic E-state index is 11.4. The average Bonchev–Trinajstić information content (AvgIpc) is 2.56. The van der Waals surface area contributed by atoms with Crippen LogP contribution in [0.3, 0.4) is 0 Å². The minimum atomic E-state index is -0.221. The third-order valence-electron chi connectivity index (χ3n) is 3.48. The molecule has 1 saturated heterocycles. The smallest absolute Gasteiger partial charge is 0.317 e. The minimum Gasteiger partial charge on any atom is -0.317 e. The van der Waals surface area contributed by atoms with E-state index in [1.807, 2.05) is 0 Å². The van der Waals surface area contributed by atoms with Crippen LogP contribution in [0.4, 0.5) is 0 Å². The standard InChI is InChI=1S/C13H21N3O/c1-9(2)11-8-15-13(17)16-12(11)10-4-3-6-14-7-5-10/h8-10,14H,3-7H2,1-2H3,(H,15,16,17). The van der Waals surface area contributed by atoms with Crippen LogP contribution < -0.4 is 11.0 Å². The van der Waals surface area contributed by atoms with Crippen molar-refractivity contribution >= 4 is 0 Å². The molecule has 0 bridgehead atoms. The van der Waals surface area contributed by atoms with Crippen molar-refractivity contribution in [3.8, 4) is 0 Å². The predicted molar refractivity (Wildman–Crippen MR) is 68.4 cm³/mol.